The lowest BCUT2D eigenvalue weighted by atomic mass is 9.98. The Morgan fingerprint density at radius 3 is 2.81 bits per heavy atom. The van der Waals surface area contributed by atoms with Crippen LogP contribution in [0.2, 0.25) is 4.34 Å². The highest BCUT2D eigenvalue weighted by atomic mass is 35.5. The maximum atomic E-state index is 13.4. The van der Waals surface area contributed by atoms with E-state index in [-0.39, 0.29) is 11.1 Å². The van der Waals surface area contributed by atoms with Gasteiger partial charge in [-0.2, -0.15) is 0 Å². The first-order valence-corrected chi connectivity index (χ1v) is 7.45. The number of aliphatic hydroxyl groups is 1. The molecule has 0 amide bonds. The van der Waals surface area contributed by atoms with Crippen LogP contribution in [0.4, 0.5) is 4.39 Å². The largest absolute Gasteiger partial charge is 0.389 e. The number of thiazole rings is 1. The van der Waals surface area contributed by atoms with Gasteiger partial charge in [-0.25, -0.2) is 4.39 Å². The van der Waals surface area contributed by atoms with Gasteiger partial charge in [0, 0.05) is 6.20 Å². The van der Waals surface area contributed by atoms with Gasteiger partial charge in [-0.05, 0) is 36.2 Å². The molecule has 1 aromatic carbocycles. The van der Waals surface area contributed by atoms with Crippen molar-refractivity contribution in [3.63, 3.8) is 0 Å². The number of pyridine rings is 1. The van der Waals surface area contributed by atoms with Crippen molar-refractivity contribution in [1.82, 2.24) is 4.40 Å². The molecule has 108 valence electrons. The summed E-state index contributed by atoms with van der Waals surface area (Å²) < 4.78 is 15.3. The number of hydrogen-bond donors (Lipinski definition) is 1. The SMILES string of the molecule is CC(O)c1cc2sc(Cl)cn2c(=O)c1-c1cccc(F)c1. The van der Waals surface area contributed by atoms with E-state index in [1.807, 2.05) is 0 Å². The molecule has 3 nitrogen and oxygen atoms in total. The number of hydrogen-bond acceptors (Lipinski definition) is 3. The molecular weight excluding hydrogens is 313 g/mol. The van der Waals surface area contributed by atoms with Crippen LogP contribution in [0.25, 0.3) is 16.0 Å². The van der Waals surface area contributed by atoms with Crippen molar-refractivity contribution in [2.24, 2.45) is 0 Å². The van der Waals surface area contributed by atoms with E-state index in [4.69, 9.17) is 11.6 Å². The van der Waals surface area contributed by atoms with Crippen LogP contribution < -0.4 is 5.56 Å². The lowest BCUT2D eigenvalue weighted by molar-refractivity contribution is 0.200. The van der Waals surface area contributed by atoms with Crippen LogP contribution in [0.5, 0.6) is 0 Å². The summed E-state index contributed by atoms with van der Waals surface area (Å²) in [6, 6.07) is 7.48. The number of aromatic nitrogens is 1. The van der Waals surface area contributed by atoms with Gasteiger partial charge in [0.15, 0.2) is 0 Å². The third kappa shape index (κ3) is 2.48. The number of benzene rings is 1. The second-order valence-electron chi connectivity index (χ2n) is 4.71. The molecule has 3 rings (SSSR count). The van der Waals surface area contributed by atoms with E-state index in [2.05, 4.69) is 0 Å². The number of aliphatic hydroxyl groups excluding tert-OH is 1. The second-order valence-corrected chi connectivity index (χ2v) is 6.40. The summed E-state index contributed by atoms with van der Waals surface area (Å²) in [5.41, 5.74) is 0.866. The molecule has 0 aliphatic carbocycles. The van der Waals surface area contributed by atoms with E-state index in [9.17, 15) is 14.3 Å². The number of fused-ring (bicyclic) bond motifs is 1. The Bertz CT molecular complexity index is 885. The van der Waals surface area contributed by atoms with Gasteiger partial charge in [-0.15, -0.1) is 11.3 Å². The minimum absolute atomic E-state index is 0.288. The molecule has 2 heterocycles. The Morgan fingerprint density at radius 1 is 1.38 bits per heavy atom. The van der Waals surface area contributed by atoms with Crippen molar-refractivity contribution >= 4 is 27.8 Å². The van der Waals surface area contributed by atoms with E-state index in [1.165, 1.54) is 40.1 Å². The molecule has 0 spiro atoms. The van der Waals surface area contributed by atoms with Crippen LogP contribution in [0.1, 0.15) is 18.6 Å². The van der Waals surface area contributed by atoms with Crippen LogP contribution >= 0.6 is 22.9 Å². The minimum atomic E-state index is -0.846. The number of halogens is 2. The van der Waals surface area contributed by atoms with E-state index in [0.29, 0.717) is 20.3 Å². The summed E-state index contributed by atoms with van der Waals surface area (Å²) in [6.45, 7) is 1.57. The Labute approximate surface area is 128 Å². The third-order valence-corrected chi connectivity index (χ3v) is 4.39. The van der Waals surface area contributed by atoms with Crippen molar-refractivity contribution < 1.29 is 9.50 Å². The highest BCUT2D eigenvalue weighted by Gasteiger charge is 2.18. The average Bonchev–Trinajstić information content (AvgIpc) is 2.79. The van der Waals surface area contributed by atoms with Crippen molar-refractivity contribution in [3.05, 3.63) is 62.6 Å². The Morgan fingerprint density at radius 2 is 2.14 bits per heavy atom. The summed E-state index contributed by atoms with van der Waals surface area (Å²) in [7, 11) is 0. The van der Waals surface area contributed by atoms with Gasteiger partial charge in [-0.1, -0.05) is 23.7 Å². The van der Waals surface area contributed by atoms with Crippen molar-refractivity contribution in [1.29, 1.82) is 0 Å². The smallest absolute Gasteiger partial charge is 0.264 e. The first-order chi connectivity index (χ1) is 9.97. The summed E-state index contributed by atoms with van der Waals surface area (Å²) in [5.74, 6) is -0.433. The third-order valence-electron chi connectivity index (χ3n) is 3.23. The van der Waals surface area contributed by atoms with Crippen LogP contribution in [0, 0.1) is 5.82 Å². The quantitative estimate of drug-likeness (QED) is 0.777. The molecule has 1 N–H and O–H groups in total. The Balaban J connectivity index is 2.41. The topological polar surface area (TPSA) is 41.7 Å². The van der Waals surface area contributed by atoms with Gasteiger partial charge in [0.2, 0.25) is 0 Å². The summed E-state index contributed by atoms with van der Waals surface area (Å²) in [5, 5.41) is 9.96. The fraction of sp³-hybridized carbons (Fsp3) is 0.133. The molecule has 0 saturated heterocycles. The fourth-order valence-electron chi connectivity index (χ4n) is 2.31. The summed E-state index contributed by atoms with van der Waals surface area (Å²) in [4.78, 5) is 13.3. The van der Waals surface area contributed by atoms with Gasteiger partial charge in [0.1, 0.15) is 15.0 Å². The van der Waals surface area contributed by atoms with Gasteiger partial charge < -0.3 is 5.11 Å². The van der Waals surface area contributed by atoms with Crippen molar-refractivity contribution in [2.75, 3.05) is 0 Å². The van der Waals surface area contributed by atoms with Crippen LogP contribution in [-0.2, 0) is 0 Å². The molecule has 1 atom stereocenters. The molecule has 1 unspecified atom stereocenters. The highest BCUT2D eigenvalue weighted by molar-refractivity contribution is 7.21. The van der Waals surface area contributed by atoms with Crippen LogP contribution in [-0.4, -0.2) is 9.51 Å². The van der Waals surface area contributed by atoms with Crippen LogP contribution in [0.15, 0.2) is 41.3 Å². The molecule has 0 fully saturated rings. The minimum Gasteiger partial charge on any atom is -0.389 e. The van der Waals surface area contributed by atoms with Crippen LogP contribution in [0.3, 0.4) is 0 Å². The molecule has 0 saturated carbocycles. The zero-order valence-electron chi connectivity index (χ0n) is 11.0. The van der Waals surface area contributed by atoms with E-state index < -0.39 is 11.9 Å². The maximum absolute atomic E-state index is 13.4. The zero-order chi connectivity index (χ0) is 15.1. The second kappa shape index (κ2) is 5.26. The molecule has 0 aliphatic rings. The fourth-order valence-corrected chi connectivity index (χ4v) is 3.42. The first kappa shape index (κ1) is 14.3. The predicted octanol–water partition coefficient (Wildman–Crippen LogP) is 3.87. The summed E-state index contributed by atoms with van der Waals surface area (Å²) >= 11 is 7.19. The number of nitrogens with zero attached hydrogens (tertiary/aromatic N) is 1. The molecule has 2 aromatic heterocycles. The first-order valence-electron chi connectivity index (χ1n) is 6.26. The van der Waals surface area contributed by atoms with Gasteiger partial charge in [0.05, 0.1) is 11.7 Å². The Hall–Kier alpha value is -1.69. The highest BCUT2D eigenvalue weighted by Crippen LogP contribution is 2.30. The monoisotopic (exact) mass is 323 g/mol. The van der Waals surface area contributed by atoms with Crippen molar-refractivity contribution in [3.8, 4) is 11.1 Å². The normalized spacial score (nSPS) is 12.8. The molecule has 0 aliphatic heterocycles. The van der Waals surface area contributed by atoms with Gasteiger partial charge in [0.25, 0.3) is 5.56 Å². The van der Waals surface area contributed by atoms with E-state index >= 15 is 0 Å². The predicted molar refractivity (Wildman–Crippen MR) is 82.6 cm³/mol. The standard InChI is InChI=1S/C15H11ClFNO2S/c1-8(19)11-6-13-18(7-12(16)21-13)15(20)14(11)9-3-2-4-10(17)5-9/h2-8,19H,1H3. The lowest BCUT2D eigenvalue weighted by Crippen LogP contribution is -2.17. The molecular formula is C15H11ClFNO2S. The van der Waals surface area contributed by atoms with E-state index in [1.54, 1.807) is 19.1 Å². The molecule has 0 radical (unpaired) electrons. The maximum Gasteiger partial charge on any atom is 0.264 e. The van der Waals surface area contributed by atoms with Gasteiger partial charge >= 0.3 is 0 Å². The summed E-state index contributed by atoms with van der Waals surface area (Å²) in [6.07, 6.45) is 0.681. The molecule has 3 aromatic rings. The van der Waals surface area contributed by atoms with Gasteiger partial charge in [-0.3, -0.25) is 9.20 Å². The molecule has 21 heavy (non-hydrogen) atoms. The molecule has 0 bridgehead atoms. The number of rotatable bonds is 2. The lowest BCUT2D eigenvalue weighted by Gasteiger charge is -2.12. The zero-order valence-corrected chi connectivity index (χ0v) is 12.6. The van der Waals surface area contributed by atoms with Crippen molar-refractivity contribution in [2.45, 2.75) is 13.0 Å². The van der Waals surface area contributed by atoms with E-state index in [0.717, 1.165) is 0 Å². The average molecular weight is 324 g/mol. The molecule has 6 heteroatoms. The Kier molecular flexibility index (Phi) is 3.57.